The largest absolute Gasteiger partial charge is 0.493 e. The summed E-state index contributed by atoms with van der Waals surface area (Å²) in [6.07, 6.45) is 0. The van der Waals surface area contributed by atoms with Gasteiger partial charge in [0, 0.05) is 18.7 Å². The van der Waals surface area contributed by atoms with Gasteiger partial charge in [-0.15, -0.1) is 0 Å². The van der Waals surface area contributed by atoms with Crippen LogP contribution in [0.5, 0.6) is 11.5 Å². The maximum atomic E-state index is 11.6. The molecule has 1 amide bonds. The number of amides is 1. The molecule has 4 N–H and O–H groups in total. The summed E-state index contributed by atoms with van der Waals surface area (Å²) in [6, 6.07) is 2.59. The van der Waals surface area contributed by atoms with Crippen molar-refractivity contribution in [3.63, 3.8) is 0 Å². The van der Waals surface area contributed by atoms with Crippen molar-refractivity contribution in [3.8, 4) is 11.5 Å². The van der Waals surface area contributed by atoms with Crippen LogP contribution in [0.2, 0.25) is 0 Å². The molecule has 0 radical (unpaired) electrons. The first-order chi connectivity index (χ1) is 9.85. The Bertz CT molecular complexity index is 528. The van der Waals surface area contributed by atoms with Gasteiger partial charge < -0.3 is 25.6 Å². The van der Waals surface area contributed by atoms with Crippen molar-refractivity contribution in [3.05, 3.63) is 17.7 Å². The third-order valence-corrected chi connectivity index (χ3v) is 2.63. The summed E-state index contributed by atoms with van der Waals surface area (Å²) in [7, 11) is 1.40. The van der Waals surface area contributed by atoms with Gasteiger partial charge in [-0.1, -0.05) is 13.8 Å². The van der Waals surface area contributed by atoms with E-state index in [-0.39, 0.29) is 35.3 Å². The molecule has 0 aliphatic heterocycles. The van der Waals surface area contributed by atoms with Crippen LogP contribution in [0.25, 0.3) is 0 Å². The molecule has 1 aromatic carbocycles. The molecular formula is C14H20N2O5. The fourth-order valence-electron chi connectivity index (χ4n) is 1.55. The Kier molecular flexibility index (Phi) is 5.83. The smallest absolute Gasteiger partial charge is 0.337 e. The molecule has 116 valence electrons. The van der Waals surface area contributed by atoms with E-state index < -0.39 is 5.97 Å². The second kappa shape index (κ2) is 7.37. The molecular weight excluding hydrogens is 276 g/mol. The lowest BCUT2D eigenvalue weighted by Gasteiger charge is -2.13. The molecule has 7 heteroatoms. The number of carbonyl (C=O) groups is 2. The average Bonchev–Trinajstić information content (AvgIpc) is 2.42. The molecule has 1 aromatic rings. The number of carbonyl (C=O) groups excluding carboxylic acids is 1. The van der Waals surface area contributed by atoms with E-state index in [0.717, 1.165) is 0 Å². The van der Waals surface area contributed by atoms with Crippen LogP contribution in [0, 0.1) is 5.92 Å². The van der Waals surface area contributed by atoms with Gasteiger partial charge in [-0.05, 0) is 5.92 Å². The molecule has 0 fully saturated rings. The summed E-state index contributed by atoms with van der Waals surface area (Å²) in [4.78, 5) is 22.6. The number of methoxy groups -OCH3 is 1. The van der Waals surface area contributed by atoms with Crippen LogP contribution in [0.4, 0.5) is 5.69 Å². The van der Waals surface area contributed by atoms with Crippen LogP contribution in [0.3, 0.4) is 0 Å². The zero-order valence-corrected chi connectivity index (χ0v) is 12.3. The summed E-state index contributed by atoms with van der Waals surface area (Å²) in [6.45, 7) is 4.26. The quantitative estimate of drug-likeness (QED) is 0.650. The van der Waals surface area contributed by atoms with E-state index in [1.54, 1.807) is 0 Å². The molecule has 0 spiro atoms. The number of rotatable bonds is 7. The molecule has 0 bridgehead atoms. The Labute approximate surface area is 123 Å². The van der Waals surface area contributed by atoms with Gasteiger partial charge in [0.05, 0.1) is 18.4 Å². The molecule has 0 heterocycles. The molecule has 1 rings (SSSR count). The Morgan fingerprint density at radius 2 is 2.00 bits per heavy atom. The van der Waals surface area contributed by atoms with E-state index in [9.17, 15) is 9.59 Å². The number of hydrogen-bond acceptors (Lipinski definition) is 5. The molecule has 0 aromatic heterocycles. The second-order valence-electron chi connectivity index (χ2n) is 4.88. The van der Waals surface area contributed by atoms with Crippen molar-refractivity contribution in [1.29, 1.82) is 0 Å². The number of nitrogens with two attached hydrogens (primary N) is 1. The lowest BCUT2D eigenvalue weighted by molar-refractivity contribution is -0.123. The summed E-state index contributed by atoms with van der Waals surface area (Å²) >= 11 is 0. The van der Waals surface area contributed by atoms with E-state index in [0.29, 0.717) is 12.5 Å². The van der Waals surface area contributed by atoms with Crippen LogP contribution in [-0.2, 0) is 4.79 Å². The van der Waals surface area contributed by atoms with Gasteiger partial charge in [0.2, 0.25) is 0 Å². The van der Waals surface area contributed by atoms with Crippen LogP contribution in [0.15, 0.2) is 12.1 Å². The molecule has 0 saturated heterocycles. The van der Waals surface area contributed by atoms with Gasteiger partial charge >= 0.3 is 5.97 Å². The number of nitrogen functional groups attached to an aromatic ring is 1. The number of hydrogen-bond donors (Lipinski definition) is 3. The van der Waals surface area contributed by atoms with Crippen molar-refractivity contribution in [2.24, 2.45) is 5.92 Å². The third-order valence-electron chi connectivity index (χ3n) is 2.63. The average molecular weight is 296 g/mol. The van der Waals surface area contributed by atoms with E-state index in [1.165, 1.54) is 19.2 Å². The monoisotopic (exact) mass is 296 g/mol. The predicted molar refractivity (Wildman–Crippen MR) is 77.7 cm³/mol. The second-order valence-corrected chi connectivity index (χ2v) is 4.88. The Hall–Kier alpha value is -2.44. The zero-order valence-electron chi connectivity index (χ0n) is 12.3. The van der Waals surface area contributed by atoms with Gasteiger partial charge in [0.1, 0.15) is 0 Å². The minimum atomic E-state index is -1.18. The lowest BCUT2D eigenvalue weighted by Crippen LogP contribution is -2.31. The van der Waals surface area contributed by atoms with E-state index >= 15 is 0 Å². The van der Waals surface area contributed by atoms with Crippen molar-refractivity contribution in [1.82, 2.24) is 5.32 Å². The molecule has 0 unspecified atom stereocenters. The van der Waals surface area contributed by atoms with Crippen LogP contribution < -0.4 is 20.5 Å². The number of nitrogens with one attached hydrogen (secondary N) is 1. The summed E-state index contributed by atoms with van der Waals surface area (Å²) in [5, 5.41) is 11.7. The van der Waals surface area contributed by atoms with Gasteiger partial charge in [0.25, 0.3) is 5.91 Å². The first-order valence-corrected chi connectivity index (χ1v) is 6.45. The standard InChI is InChI=1S/C14H20N2O5/c1-8(2)6-16-13(17)7-21-12-4-9(14(18)19)10(15)5-11(12)20-3/h4-5,8H,6-7,15H2,1-3H3,(H,16,17)(H,18,19). The van der Waals surface area contributed by atoms with Gasteiger partial charge in [-0.25, -0.2) is 4.79 Å². The highest BCUT2D eigenvalue weighted by atomic mass is 16.5. The van der Waals surface area contributed by atoms with Crippen molar-refractivity contribution < 1.29 is 24.2 Å². The number of anilines is 1. The lowest BCUT2D eigenvalue weighted by atomic mass is 10.1. The van der Waals surface area contributed by atoms with Gasteiger partial charge in [-0.2, -0.15) is 0 Å². The SMILES string of the molecule is COc1cc(N)c(C(=O)O)cc1OCC(=O)NCC(C)C. The van der Waals surface area contributed by atoms with Crippen molar-refractivity contribution >= 4 is 17.6 Å². The normalized spacial score (nSPS) is 10.3. The molecule has 7 nitrogen and oxygen atoms in total. The summed E-state index contributed by atoms with van der Waals surface area (Å²) < 4.78 is 10.4. The van der Waals surface area contributed by atoms with Gasteiger partial charge in [-0.3, -0.25) is 4.79 Å². The predicted octanol–water partition coefficient (Wildman–Crippen LogP) is 1.13. The number of ether oxygens (including phenoxy) is 2. The molecule has 21 heavy (non-hydrogen) atoms. The highest BCUT2D eigenvalue weighted by Gasteiger charge is 2.15. The fourth-order valence-corrected chi connectivity index (χ4v) is 1.55. The maximum Gasteiger partial charge on any atom is 0.337 e. The first kappa shape index (κ1) is 16.6. The fraction of sp³-hybridized carbons (Fsp3) is 0.429. The number of benzene rings is 1. The highest BCUT2D eigenvalue weighted by Crippen LogP contribution is 2.32. The minimum Gasteiger partial charge on any atom is -0.493 e. The van der Waals surface area contributed by atoms with Crippen LogP contribution in [0.1, 0.15) is 24.2 Å². The minimum absolute atomic E-state index is 0.0657. The third kappa shape index (κ3) is 4.87. The van der Waals surface area contributed by atoms with E-state index in [4.69, 9.17) is 20.3 Å². The van der Waals surface area contributed by atoms with E-state index in [2.05, 4.69) is 5.32 Å². The maximum absolute atomic E-state index is 11.6. The van der Waals surface area contributed by atoms with E-state index in [1.807, 2.05) is 13.8 Å². The van der Waals surface area contributed by atoms with Crippen molar-refractivity contribution in [2.45, 2.75) is 13.8 Å². The van der Waals surface area contributed by atoms with Gasteiger partial charge in [0.15, 0.2) is 18.1 Å². The number of aromatic carboxylic acids is 1. The first-order valence-electron chi connectivity index (χ1n) is 6.45. The Morgan fingerprint density at radius 3 is 2.52 bits per heavy atom. The molecule has 0 aliphatic rings. The van der Waals surface area contributed by atoms with Crippen LogP contribution >= 0.6 is 0 Å². The Balaban J connectivity index is 2.80. The molecule has 0 saturated carbocycles. The zero-order chi connectivity index (χ0) is 16.0. The summed E-state index contributed by atoms with van der Waals surface area (Å²) in [5.74, 6) is -0.708. The highest BCUT2D eigenvalue weighted by molar-refractivity contribution is 5.94. The van der Waals surface area contributed by atoms with Crippen molar-refractivity contribution in [2.75, 3.05) is 26.0 Å². The number of carboxylic acid groups (broad SMARTS) is 1. The molecule has 0 aliphatic carbocycles. The Morgan fingerprint density at radius 1 is 1.33 bits per heavy atom. The van der Waals surface area contributed by atoms with Crippen LogP contribution in [-0.4, -0.2) is 37.2 Å². The summed E-state index contributed by atoms with van der Waals surface area (Å²) in [5.41, 5.74) is 5.57. The topological polar surface area (TPSA) is 111 Å². The molecule has 0 atom stereocenters. The number of carboxylic acids is 1.